The van der Waals surface area contributed by atoms with Gasteiger partial charge in [0, 0.05) is 24.2 Å². The van der Waals surface area contributed by atoms with E-state index in [1.54, 1.807) is 6.07 Å². The summed E-state index contributed by atoms with van der Waals surface area (Å²) in [4.78, 5) is 14.5. The van der Waals surface area contributed by atoms with Gasteiger partial charge in [0.2, 0.25) is 0 Å². The van der Waals surface area contributed by atoms with Crippen LogP contribution in [0.5, 0.6) is 5.75 Å². The second-order valence-corrected chi connectivity index (χ2v) is 7.23. The van der Waals surface area contributed by atoms with E-state index in [9.17, 15) is 4.79 Å². The van der Waals surface area contributed by atoms with Crippen molar-refractivity contribution in [3.63, 3.8) is 0 Å². The third kappa shape index (κ3) is 4.78. The molecule has 1 aliphatic heterocycles. The van der Waals surface area contributed by atoms with Crippen molar-refractivity contribution in [3.05, 3.63) is 82.6 Å². The molecule has 3 aromatic rings. The van der Waals surface area contributed by atoms with Crippen LogP contribution < -0.4 is 4.74 Å². The molecule has 1 saturated heterocycles. The third-order valence-electron chi connectivity index (χ3n) is 4.82. The number of carbonyl (C=O) groups is 1. The van der Waals surface area contributed by atoms with Gasteiger partial charge in [-0.25, -0.2) is 0 Å². The maximum Gasteiger partial charge on any atom is 0.254 e. The van der Waals surface area contributed by atoms with Gasteiger partial charge in [-0.1, -0.05) is 41.9 Å². The van der Waals surface area contributed by atoms with E-state index in [0.717, 1.165) is 11.4 Å². The Morgan fingerprint density at radius 3 is 2.83 bits per heavy atom. The number of morpholine rings is 1. The molecule has 0 radical (unpaired) electrons. The number of aromatic amines is 1. The molecule has 0 spiro atoms. The van der Waals surface area contributed by atoms with Crippen LogP contribution in [0, 0.1) is 0 Å². The van der Waals surface area contributed by atoms with Crippen LogP contribution in [-0.2, 0) is 11.2 Å². The largest absolute Gasteiger partial charge is 0.492 e. The number of ether oxygens (including phenoxy) is 2. The summed E-state index contributed by atoms with van der Waals surface area (Å²) >= 11 is 6.10. The zero-order valence-corrected chi connectivity index (χ0v) is 16.6. The molecule has 6 nitrogen and oxygen atoms in total. The van der Waals surface area contributed by atoms with Gasteiger partial charge in [-0.15, -0.1) is 0 Å². The van der Waals surface area contributed by atoms with E-state index in [-0.39, 0.29) is 12.0 Å². The first-order valence-corrected chi connectivity index (χ1v) is 9.96. The van der Waals surface area contributed by atoms with Crippen LogP contribution in [0.2, 0.25) is 5.02 Å². The van der Waals surface area contributed by atoms with Crippen LogP contribution in [0.25, 0.3) is 0 Å². The van der Waals surface area contributed by atoms with E-state index in [0.29, 0.717) is 49.1 Å². The average Bonchev–Trinajstić information content (AvgIpc) is 3.24. The number of halogens is 1. The van der Waals surface area contributed by atoms with Gasteiger partial charge in [0.25, 0.3) is 5.91 Å². The number of para-hydroxylation sites is 1. The van der Waals surface area contributed by atoms with Crippen LogP contribution in [0.3, 0.4) is 0 Å². The molecule has 2 aromatic carbocycles. The highest BCUT2D eigenvalue weighted by atomic mass is 35.5. The SMILES string of the molecule is O=C(c1ccccc1)N1CCO[C@H](c2cc(CCOc3ccccc3Cl)[nH]n2)C1. The van der Waals surface area contributed by atoms with Crippen molar-refractivity contribution in [3.8, 4) is 5.75 Å². The number of rotatable bonds is 6. The monoisotopic (exact) mass is 411 g/mol. The fraction of sp³-hybridized carbons (Fsp3) is 0.273. The highest BCUT2D eigenvalue weighted by Gasteiger charge is 2.27. The fourth-order valence-corrected chi connectivity index (χ4v) is 3.47. The van der Waals surface area contributed by atoms with E-state index >= 15 is 0 Å². The van der Waals surface area contributed by atoms with Gasteiger partial charge in [0.1, 0.15) is 11.9 Å². The van der Waals surface area contributed by atoms with Crippen LogP contribution in [0.4, 0.5) is 0 Å². The van der Waals surface area contributed by atoms with Gasteiger partial charge in [0.15, 0.2) is 0 Å². The van der Waals surface area contributed by atoms with Crippen LogP contribution in [0.1, 0.15) is 27.8 Å². The summed E-state index contributed by atoms with van der Waals surface area (Å²) in [5, 5.41) is 8.01. The number of nitrogens with one attached hydrogen (secondary N) is 1. The van der Waals surface area contributed by atoms with Gasteiger partial charge in [-0.2, -0.15) is 5.10 Å². The maximum absolute atomic E-state index is 12.7. The van der Waals surface area contributed by atoms with E-state index in [1.807, 2.05) is 59.5 Å². The van der Waals surface area contributed by atoms with Crippen LogP contribution in [0.15, 0.2) is 60.7 Å². The Kier molecular flexibility index (Phi) is 6.12. The van der Waals surface area contributed by atoms with Gasteiger partial charge in [-0.3, -0.25) is 9.89 Å². The number of H-pyrrole nitrogens is 1. The van der Waals surface area contributed by atoms with Gasteiger partial charge in [0.05, 0.1) is 30.5 Å². The molecule has 0 saturated carbocycles. The van der Waals surface area contributed by atoms with Crippen molar-refractivity contribution < 1.29 is 14.3 Å². The lowest BCUT2D eigenvalue weighted by molar-refractivity contribution is -0.0247. The second-order valence-electron chi connectivity index (χ2n) is 6.82. The average molecular weight is 412 g/mol. The molecule has 4 rings (SSSR count). The Hall–Kier alpha value is -2.83. The Bertz CT molecular complexity index is 961. The van der Waals surface area contributed by atoms with Crippen LogP contribution >= 0.6 is 11.6 Å². The van der Waals surface area contributed by atoms with Crippen molar-refractivity contribution in [2.75, 3.05) is 26.3 Å². The first-order chi connectivity index (χ1) is 14.2. The van der Waals surface area contributed by atoms with Crippen molar-refractivity contribution in [1.29, 1.82) is 0 Å². The molecular weight excluding hydrogens is 390 g/mol. The van der Waals surface area contributed by atoms with Gasteiger partial charge >= 0.3 is 0 Å². The number of carbonyl (C=O) groups excluding carboxylic acids is 1. The topological polar surface area (TPSA) is 67.5 Å². The molecule has 1 N–H and O–H groups in total. The summed E-state index contributed by atoms with van der Waals surface area (Å²) in [6, 6.07) is 18.7. The number of aromatic nitrogens is 2. The summed E-state index contributed by atoms with van der Waals surface area (Å²) in [6.07, 6.45) is 0.420. The minimum absolute atomic E-state index is 0.0165. The molecule has 1 fully saturated rings. The lowest BCUT2D eigenvalue weighted by Gasteiger charge is -2.32. The maximum atomic E-state index is 12.7. The minimum atomic E-state index is -0.245. The molecule has 0 bridgehead atoms. The normalized spacial score (nSPS) is 16.6. The van der Waals surface area contributed by atoms with Gasteiger partial charge in [-0.05, 0) is 30.3 Å². The van der Waals surface area contributed by atoms with E-state index in [1.165, 1.54) is 0 Å². The molecule has 29 heavy (non-hydrogen) atoms. The smallest absolute Gasteiger partial charge is 0.254 e. The molecule has 150 valence electrons. The number of hydrogen-bond donors (Lipinski definition) is 1. The predicted molar refractivity (Wildman–Crippen MR) is 110 cm³/mol. The fourth-order valence-electron chi connectivity index (χ4n) is 3.28. The van der Waals surface area contributed by atoms with Crippen molar-refractivity contribution in [2.45, 2.75) is 12.5 Å². The number of nitrogens with zero attached hydrogens (tertiary/aromatic N) is 2. The second kappa shape index (κ2) is 9.11. The number of amides is 1. The predicted octanol–water partition coefficient (Wildman–Crippen LogP) is 3.90. The van der Waals surface area contributed by atoms with E-state index < -0.39 is 0 Å². The lowest BCUT2D eigenvalue weighted by atomic mass is 10.1. The summed E-state index contributed by atoms with van der Waals surface area (Å²) in [5.41, 5.74) is 2.43. The van der Waals surface area contributed by atoms with Gasteiger partial charge < -0.3 is 14.4 Å². The van der Waals surface area contributed by atoms with E-state index in [2.05, 4.69) is 10.2 Å². The van der Waals surface area contributed by atoms with Crippen molar-refractivity contribution in [1.82, 2.24) is 15.1 Å². The molecule has 2 heterocycles. The van der Waals surface area contributed by atoms with Crippen molar-refractivity contribution >= 4 is 17.5 Å². The molecule has 0 unspecified atom stereocenters. The Balaban J connectivity index is 1.34. The lowest BCUT2D eigenvalue weighted by Crippen LogP contribution is -2.42. The first-order valence-electron chi connectivity index (χ1n) is 9.58. The highest BCUT2D eigenvalue weighted by molar-refractivity contribution is 6.32. The number of hydrogen-bond acceptors (Lipinski definition) is 4. The summed E-state index contributed by atoms with van der Waals surface area (Å²) in [6.45, 7) is 2.03. The van der Waals surface area contributed by atoms with Crippen molar-refractivity contribution in [2.24, 2.45) is 0 Å². The first kappa shape index (κ1) is 19.5. The summed E-state index contributed by atoms with van der Waals surface area (Å²) in [7, 11) is 0. The Labute approximate surface area is 174 Å². The van der Waals surface area contributed by atoms with E-state index in [4.69, 9.17) is 21.1 Å². The zero-order chi connectivity index (χ0) is 20.1. The highest BCUT2D eigenvalue weighted by Crippen LogP contribution is 2.24. The molecule has 1 aromatic heterocycles. The number of benzene rings is 2. The Morgan fingerprint density at radius 2 is 2.00 bits per heavy atom. The minimum Gasteiger partial charge on any atom is -0.492 e. The summed E-state index contributed by atoms with van der Waals surface area (Å²) < 4.78 is 11.6. The zero-order valence-electron chi connectivity index (χ0n) is 15.9. The molecule has 1 atom stereocenters. The third-order valence-corrected chi connectivity index (χ3v) is 5.13. The molecular formula is C22H22ClN3O3. The standard InChI is InChI=1S/C22H22ClN3O3/c23-18-8-4-5-9-20(18)28-12-10-17-14-19(25-24-17)21-15-26(11-13-29-21)22(27)16-6-2-1-3-7-16/h1-9,14,21H,10-13,15H2,(H,24,25)/t21-/m0/s1. The molecule has 1 amide bonds. The van der Waals surface area contributed by atoms with Crippen LogP contribution in [-0.4, -0.2) is 47.3 Å². The molecule has 0 aliphatic carbocycles. The summed E-state index contributed by atoms with van der Waals surface area (Å²) in [5.74, 6) is 0.683. The Morgan fingerprint density at radius 1 is 1.21 bits per heavy atom. The molecule has 7 heteroatoms. The quantitative estimate of drug-likeness (QED) is 0.668. The molecule has 1 aliphatic rings.